The van der Waals surface area contributed by atoms with E-state index in [1.165, 1.54) is 11.1 Å². The van der Waals surface area contributed by atoms with E-state index in [4.69, 9.17) is 4.98 Å². The minimum atomic E-state index is 0.0722. The number of fused-ring (bicyclic) bond motifs is 1. The fraction of sp³-hybridized carbons (Fsp3) is 0.333. The topological polar surface area (TPSA) is 41.4 Å². The molecule has 1 aliphatic heterocycles. The van der Waals surface area contributed by atoms with E-state index in [1.807, 2.05) is 24.5 Å². The zero-order valence-corrected chi connectivity index (χ0v) is 17.4. The van der Waals surface area contributed by atoms with Gasteiger partial charge in [0, 0.05) is 23.5 Å². The van der Waals surface area contributed by atoms with Crippen molar-refractivity contribution < 1.29 is 0 Å². The van der Waals surface area contributed by atoms with Crippen LogP contribution in [0.5, 0.6) is 0 Å². The number of aromatic nitrogens is 2. The van der Waals surface area contributed by atoms with Crippen LogP contribution in [0.15, 0.2) is 59.4 Å². The van der Waals surface area contributed by atoms with Crippen LogP contribution in [0.4, 0.5) is 11.6 Å². The standard InChI is InChI=1S/C24H28N4O/c1-4-19-11-13-21(14-12-19)27-16-26(15-20-9-7-6-8-10-20)17-28-23(29)22(5-2)18(3)25-24(27)28/h6-14H,4-5,15-17H2,1-3H3. The van der Waals surface area contributed by atoms with Crippen LogP contribution in [-0.2, 0) is 26.1 Å². The molecule has 0 bridgehead atoms. The van der Waals surface area contributed by atoms with Crippen LogP contribution < -0.4 is 10.5 Å². The molecule has 4 rings (SSSR count). The molecule has 5 nitrogen and oxygen atoms in total. The predicted octanol–water partition coefficient (Wildman–Crippen LogP) is 4.25. The SMILES string of the molecule is CCc1ccc(N2CN(Cc3ccccc3)Cn3c2nc(C)c(CC)c3=O)cc1. The van der Waals surface area contributed by atoms with Gasteiger partial charge in [-0.25, -0.2) is 4.98 Å². The van der Waals surface area contributed by atoms with Gasteiger partial charge >= 0.3 is 0 Å². The van der Waals surface area contributed by atoms with Gasteiger partial charge in [-0.15, -0.1) is 0 Å². The second-order valence-electron chi connectivity index (χ2n) is 7.61. The van der Waals surface area contributed by atoms with E-state index in [1.54, 1.807) is 0 Å². The summed E-state index contributed by atoms with van der Waals surface area (Å²) in [6, 6.07) is 19.0. The van der Waals surface area contributed by atoms with Gasteiger partial charge in [-0.2, -0.15) is 0 Å². The Balaban J connectivity index is 1.77. The van der Waals surface area contributed by atoms with Gasteiger partial charge in [0.05, 0.1) is 13.3 Å². The molecule has 0 radical (unpaired) electrons. The number of hydrogen-bond donors (Lipinski definition) is 0. The minimum absolute atomic E-state index is 0.0722. The van der Waals surface area contributed by atoms with Gasteiger partial charge in [-0.1, -0.05) is 56.3 Å². The summed E-state index contributed by atoms with van der Waals surface area (Å²) in [4.78, 5) is 22.5. The Morgan fingerprint density at radius 3 is 2.28 bits per heavy atom. The quantitative estimate of drug-likeness (QED) is 0.655. The van der Waals surface area contributed by atoms with Crippen LogP contribution in [-0.4, -0.2) is 21.1 Å². The lowest BCUT2D eigenvalue weighted by Crippen LogP contribution is -2.47. The lowest BCUT2D eigenvalue weighted by atomic mass is 10.1. The summed E-state index contributed by atoms with van der Waals surface area (Å²) in [5, 5.41) is 0. The van der Waals surface area contributed by atoms with E-state index in [0.717, 1.165) is 35.9 Å². The molecule has 0 saturated heterocycles. The molecule has 5 heteroatoms. The number of rotatable bonds is 5. The zero-order chi connectivity index (χ0) is 20.4. The van der Waals surface area contributed by atoms with Crippen LogP contribution >= 0.6 is 0 Å². The monoisotopic (exact) mass is 388 g/mol. The molecule has 2 heterocycles. The van der Waals surface area contributed by atoms with Crippen LogP contribution in [0.1, 0.15) is 36.2 Å². The molecule has 0 fully saturated rings. The van der Waals surface area contributed by atoms with Crippen molar-refractivity contribution in [1.29, 1.82) is 0 Å². The first-order valence-electron chi connectivity index (χ1n) is 10.3. The number of aryl methyl sites for hydroxylation is 2. The van der Waals surface area contributed by atoms with E-state index in [-0.39, 0.29) is 5.56 Å². The molecule has 1 aliphatic rings. The van der Waals surface area contributed by atoms with Gasteiger partial charge in [0.1, 0.15) is 0 Å². The highest BCUT2D eigenvalue weighted by molar-refractivity contribution is 5.59. The Hall–Kier alpha value is -2.92. The van der Waals surface area contributed by atoms with Crippen molar-refractivity contribution in [3.05, 3.63) is 87.3 Å². The van der Waals surface area contributed by atoms with Crippen LogP contribution in [0.25, 0.3) is 0 Å². The molecular formula is C24H28N4O. The summed E-state index contributed by atoms with van der Waals surface area (Å²) in [6.07, 6.45) is 1.70. The van der Waals surface area contributed by atoms with Gasteiger partial charge < -0.3 is 0 Å². The molecule has 0 atom stereocenters. The summed E-state index contributed by atoms with van der Waals surface area (Å²) < 4.78 is 1.83. The Labute approximate surface area is 172 Å². The fourth-order valence-electron chi connectivity index (χ4n) is 3.99. The third-order valence-corrected chi connectivity index (χ3v) is 5.63. The molecule has 0 aliphatic carbocycles. The minimum Gasteiger partial charge on any atom is -0.298 e. The summed E-state index contributed by atoms with van der Waals surface area (Å²) >= 11 is 0. The van der Waals surface area contributed by atoms with Crippen molar-refractivity contribution in [2.24, 2.45) is 0 Å². The summed E-state index contributed by atoms with van der Waals surface area (Å²) in [5.41, 5.74) is 5.30. The molecule has 0 saturated carbocycles. The molecule has 0 amide bonds. The van der Waals surface area contributed by atoms with Crippen molar-refractivity contribution >= 4 is 11.6 Å². The van der Waals surface area contributed by atoms with Gasteiger partial charge in [0.15, 0.2) is 0 Å². The lowest BCUT2D eigenvalue weighted by Gasteiger charge is -2.38. The Morgan fingerprint density at radius 2 is 1.62 bits per heavy atom. The molecule has 1 aromatic heterocycles. The normalized spacial score (nSPS) is 14.1. The molecular weight excluding hydrogens is 360 g/mol. The first kappa shape index (κ1) is 19.4. The van der Waals surface area contributed by atoms with E-state index in [9.17, 15) is 4.79 Å². The molecule has 0 N–H and O–H groups in total. The highest BCUT2D eigenvalue weighted by Crippen LogP contribution is 2.28. The Bertz CT molecular complexity index is 1040. The predicted molar refractivity (Wildman–Crippen MR) is 117 cm³/mol. The largest absolute Gasteiger partial charge is 0.298 e. The zero-order valence-electron chi connectivity index (χ0n) is 17.4. The number of nitrogens with zero attached hydrogens (tertiary/aromatic N) is 4. The number of hydrogen-bond acceptors (Lipinski definition) is 4. The summed E-state index contributed by atoms with van der Waals surface area (Å²) in [7, 11) is 0. The van der Waals surface area contributed by atoms with E-state index >= 15 is 0 Å². The van der Waals surface area contributed by atoms with Crippen molar-refractivity contribution in [1.82, 2.24) is 14.5 Å². The average molecular weight is 389 g/mol. The molecule has 2 aromatic carbocycles. The Kier molecular flexibility index (Phi) is 5.49. The second kappa shape index (κ2) is 8.21. The highest BCUT2D eigenvalue weighted by Gasteiger charge is 2.27. The van der Waals surface area contributed by atoms with Gasteiger partial charge in [0.2, 0.25) is 5.95 Å². The third-order valence-electron chi connectivity index (χ3n) is 5.63. The molecule has 29 heavy (non-hydrogen) atoms. The fourth-order valence-corrected chi connectivity index (χ4v) is 3.99. The summed E-state index contributed by atoms with van der Waals surface area (Å²) in [5.74, 6) is 0.735. The molecule has 0 unspecified atom stereocenters. The maximum Gasteiger partial charge on any atom is 0.259 e. The molecule has 150 valence electrons. The Morgan fingerprint density at radius 1 is 0.897 bits per heavy atom. The number of benzene rings is 2. The number of anilines is 2. The van der Waals surface area contributed by atoms with Crippen LogP contribution in [0.2, 0.25) is 0 Å². The molecule has 3 aromatic rings. The lowest BCUT2D eigenvalue weighted by molar-refractivity contribution is 0.189. The summed E-state index contributed by atoms with van der Waals surface area (Å²) in [6.45, 7) is 8.14. The highest BCUT2D eigenvalue weighted by atomic mass is 16.1. The third kappa shape index (κ3) is 3.83. The first-order valence-corrected chi connectivity index (χ1v) is 10.3. The smallest absolute Gasteiger partial charge is 0.259 e. The van der Waals surface area contributed by atoms with E-state index < -0.39 is 0 Å². The molecule has 0 spiro atoms. The maximum absolute atomic E-state index is 13.2. The van der Waals surface area contributed by atoms with Crippen molar-refractivity contribution in [2.45, 2.75) is 46.8 Å². The second-order valence-corrected chi connectivity index (χ2v) is 7.61. The van der Waals surface area contributed by atoms with Crippen molar-refractivity contribution in [3.63, 3.8) is 0 Å². The van der Waals surface area contributed by atoms with Gasteiger partial charge in [-0.05, 0) is 43.0 Å². The van der Waals surface area contributed by atoms with Crippen LogP contribution in [0.3, 0.4) is 0 Å². The van der Waals surface area contributed by atoms with E-state index in [2.05, 4.69) is 65.3 Å². The van der Waals surface area contributed by atoms with Crippen molar-refractivity contribution in [3.8, 4) is 0 Å². The van der Waals surface area contributed by atoms with Gasteiger partial charge in [-0.3, -0.25) is 19.2 Å². The first-order chi connectivity index (χ1) is 14.1. The van der Waals surface area contributed by atoms with E-state index in [0.29, 0.717) is 19.8 Å². The average Bonchev–Trinajstić information content (AvgIpc) is 2.75. The van der Waals surface area contributed by atoms with Crippen LogP contribution in [0, 0.1) is 6.92 Å². The maximum atomic E-state index is 13.2. The van der Waals surface area contributed by atoms with Gasteiger partial charge in [0.25, 0.3) is 5.56 Å². The van der Waals surface area contributed by atoms with Crippen molar-refractivity contribution in [2.75, 3.05) is 11.6 Å².